The molecule has 6 aliphatic rings. The molecule has 0 radical (unpaired) electrons. The molecule has 11 rings (SSSR count). The molecule has 6 atom stereocenters. The van der Waals surface area contributed by atoms with Crippen molar-refractivity contribution in [3.05, 3.63) is 239 Å². The van der Waals surface area contributed by atoms with Crippen LogP contribution in [0.3, 0.4) is 0 Å². The summed E-state index contributed by atoms with van der Waals surface area (Å²) in [6.45, 7) is 0. The standard InChI is InChI=1S/C53H42N2O/c1-3-16-35(17-4-1)48-34-49(55-52(54-48)36-18-5-2-6-19-36)39-21-15-20-37(32-39)40-22-7-8-23-41(40)38-30-31-47-51(33-38)56-50-29-14-13-28-46(50)53(47)44-26-11-9-24-42(44)43-25-10-12-27-45(43)53/h1-32,34,38,42-45,52,54H,33H2. The molecule has 2 heterocycles. The number of nitrogens with zero attached hydrogens (tertiary/aromatic N) is 1. The second-order valence-electron chi connectivity index (χ2n) is 15.8. The van der Waals surface area contributed by atoms with Crippen molar-refractivity contribution in [3.63, 3.8) is 0 Å². The number of allylic oxidation sites excluding steroid dienone is 13. The average molecular weight is 723 g/mol. The van der Waals surface area contributed by atoms with E-state index in [9.17, 15) is 0 Å². The predicted molar refractivity (Wildman–Crippen MR) is 228 cm³/mol. The first-order chi connectivity index (χ1) is 27.8. The van der Waals surface area contributed by atoms with Gasteiger partial charge in [-0.1, -0.05) is 182 Å². The molecule has 1 fully saturated rings. The first kappa shape index (κ1) is 32.9. The molecule has 2 aliphatic heterocycles. The van der Waals surface area contributed by atoms with Gasteiger partial charge in [-0.15, -0.1) is 0 Å². The van der Waals surface area contributed by atoms with Gasteiger partial charge in [-0.2, -0.15) is 0 Å². The van der Waals surface area contributed by atoms with Crippen LogP contribution < -0.4 is 10.1 Å². The van der Waals surface area contributed by atoms with Gasteiger partial charge < -0.3 is 10.1 Å². The smallest absolute Gasteiger partial charge is 0.145 e. The molecule has 270 valence electrons. The summed E-state index contributed by atoms with van der Waals surface area (Å²) in [5.41, 5.74) is 11.6. The van der Waals surface area contributed by atoms with Gasteiger partial charge >= 0.3 is 0 Å². The fraction of sp³-hybridized carbons (Fsp3) is 0.151. The minimum atomic E-state index is -0.198. The van der Waals surface area contributed by atoms with Crippen molar-refractivity contribution in [3.8, 4) is 16.9 Å². The molecule has 56 heavy (non-hydrogen) atoms. The summed E-state index contributed by atoms with van der Waals surface area (Å²) in [5, 5.41) is 3.70. The van der Waals surface area contributed by atoms with Crippen LogP contribution in [0.4, 0.5) is 0 Å². The van der Waals surface area contributed by atoms with Crippen LogP contribution in [-0.4, -0.2) is 5.71 Å². The molecular formula is C53H42N2O. The van der Waals surface area contributed by atoms with Gasteiger partial charge in [-0.25, -0.2) is 0 Å². The summed E-state index contributed by atoms with van der Waals surface area (Å²) in [5.74, 6) is 3.85. The van der Waals surface area contributed by atoms with E-state index in [-0.39, 0.29) is 17.5 Å². The van der Waals surface area contributed by atoms with Gasteiger partial charge in [0.25, 0.3) is 0 Å². The molecule has 4 aliphatic carbocycles. The van der Waals surface area contributed by atoms with Gasteiger partial charge in [0.15, 0.2) is 0 Å². The highest BCUT2D eigenvalue weighted by atomic mass is 16.5. The van der Waals surface area contributed by atoms with Crippen molar-refractivity contribution in [1.82, 2.24) is 5.32 Å². The van der Waals surface area contributed by atoms with E-state index in [1.165, 1.54) is 27.8 Å². The lowest BCUT2D eigenvalue weighted by Gasteiger charge is -2.47. The third-order valence-electron chi connectivity index (χ3n) is 12.9. The van der Waals surface area contributed by atoms with Gasteiger partial charge in [-0.05, 0) is 69.7 Å². The lowest BCUT2D eigenvalue weighted by atomic mass is 9.58. The number of fused-ring (bicyclic) bond motifs is 8. The Balaban J connectivity index is 0.972. The molecule has 3 heteroatoms. The Hall–Kier alpha value is -6.45. The molecule has 0 aromatic heterocycles. The second kappa shape index (κ2) is 13.4. The van der Waals surface area contributed by atoms with Crippen LogP contribution in [0.5, 0.6) is 5.75 Å². The zero-order valence-electron chi connectivity index (χ0n) is 31.1. The predicted octanol–water partition coefficient (Wildman–Crippen LogP) is 11.8. The highest BCUT2D eigenvalue weighted by Gasteiger charge is 2.62. The Morgan fingerprint density at radius 2 is 1.27 bits per heavy atom. The van der Waals surface area contributed by atoms with Crippen LogP contribution >= 0.6 is 0 Å². The SMILES string of the molecule is C1=CC2C3C=CC=CC3C3(C4=C(CC(c5ccccc5-c5cccc(C6=NC(c7ccccc7)NC(c7ccccc7)=C6)c5)C=C4)Oc4ccccc43)C2C=C1. The Morgan fingerprint density at radius 3 is 2.07 bits per heavy atom. The molecule has 1 spiro atoms. The Bertz CT molecular complexity index is 2570. The van der Waals surface area contributed by atoms with Gasteiger partial charge in [0.1, 0.15) is 17.7 Å². The van der Waals surface area contributed by atoms with E-state index in [1.807, 2.05) is 0 Å². The van der Waals surface area contributed by atoms with E-state index >= 15 is 0 Å². The van der Waals surface area contributed by atoms with Crippen LogP contribution in [0.15, 0.2) is 217 Å². The van der Waals surface area contributed by atoms with Gasteiger partial charge in [0, 0.05) is 40.2 Å². The average Bonchev–Trinajstić information content (AvgIpc) is 3.57. The number of benzene rings is 5. The highest BCUT2D eigenvalue weighted by Crippen LogP contribution is 2.66. The van der Waals surface area contributed by atoms with Gasteiger partial charge in [-0.3, -0.25) is 4.99 Å². The molecule has 1 saturated carbocycles. The third kappa shape index (κ3) is 5.22. The normalized spacial score (nSPS) is 27.7. The van der Waals surface area contributed by atoms with Crippen molar-refractivity contribution >= 4 is 11.4 Å². The summed E-state index contributed by atoms with van der Waals surface area (Å²) in [6.07, 6.45) is 26.6. The number of para-hydroxylation sites is 1. The van der Waals surface area contributed by atoms with Crippen LogP contribution in [0.1, 0.15) is 46.3 Å². The lowest BCUT2D eigenvalue weighted by Crippen LogP contribution is -2.43. The minimum Gasteiger partial charge on any atom is -0.461 e. The number of aliphatic imine (C=N–C) groups is 1. The monoisotopic (exact) mass is 722 g/mol. The fourth-order valence-electron chi connectivity index (χ4n) is 10.6. The summed E-state index contributed by atoms with van der Waals surface area (Å²) in [4.78, 5) is 5.28. The Labute approximate surface area is 329 Å². The molecule has 0 bridgehead atoms. The third-order valence-corrected chi connectivity index (χ3v) is 12.9. The molecular weight excluding hydrogens is 681 g/mol. The number of rotatable bonds is 5. The van der Waals surface area contributed by atoms with Crippen LogP contribution in [0, 0.1) is 23.7 Å². The van der Waals surface area contributed by atoms with E-state index in [0.29, 0.717) is 23.7 Å². The number of hydrogen-bond donors (Lipinski definition) is 1. The maximum absolute atomic E-state index is 6.99. The zero-order chi connectivity index (χ0) is 37.1. The molecule has 5 aromatic rings. The Morgan fingerprint density at radius 1 is 0.607 bits per heavy atom. The van der Waals surface area contributed by atoms with Gasteiger partial charge in [0.05, 0.1) is 5.71 Å². The molecule has 3 nitrogen and oxygen atoms in total. The van der Waals surface area contributed by atoms with Crippen LogP contribution in [0.25, 0.3) is 16.8 Å². The topological polar surface area (TPSA) is 33.6 Å². The number of hydrogen-bond acceptors (Lipinski definition) is 3. The van der Waals surface area contributed by atoms with Crippen molar-refractivity contribution in [2.75, 3.05) is 0 Å². The van der Waals surface area contributed by atoms with Crippen LogP contribution in [-0.2, 0) is 5.41 Å². The van der Waals surface area contributed by atoms with E-state index in [4.69, 9.17) is 9.73 Å². The van der Waals surface area contributed by atoms with E-state index in [2.05, 4.69) is 206 Å². The van der Waals surface area contributed by atoms with Crippen LogP contribution in [0.2, 0.25) is 0 Å². The summed E-state index contributed by atoms with van der Waals surface area (Å²) in [7, 11) is 0. The number of ether oxygens (including phenoxy) is 1. The molecule has 0 amide bonds. The first-order valence-electron chi connectivity index (χ1n) is 20.0. The van der Waals surface area contributed by atoms with Crippen molar-refractivity contribution in [1.29, 1.82) is 0 Å². The highest BCUT2D eigenvalue weighted by molar-refractivity contribution is 6.13. The van der Waals surface area contributed by atoms with Gasteiger partial charge in [0.2, 0.25) is 0 Å². The van der Waals surface area contributed by atoms with Crippen molar-refractivity contribution < 1.29 is 4.74 Å². The summed E-state index contributed by atoms with van der Waals surface area (Å²) < 4.78 is 6.99. The molecule has 0 saturated heterocycles. The van der Waals surface area contributed by atoms with Crippen molar-refractivity contribution in [2.45, 2.75) is 23.9 Å². The summed E-state index contributed by atoms with van der Waals surface area (Å²) >= 11 is 0. The quantitative estimate of drug-likeness (QED) is 0.196. The van der Waals surface area contributed by atoms with E-state index in [1.54, 1.807) is 0 Å². The first-order valence-corrected chi connectivity index (χ1v) is 20.0. The Kier molecular flexibility index (Phi) is 7.87. The van der Waals surface area contributed by atoms with Crippen molar-refractivity contribution in [2.24, 2.45) is 28.7 Å². The zero-order valence-corrected chi connectivity index (χ0v) is 31.1. The minimum absolute atomic E-state index is 0.163. The second-order valence-corrected chi connectivity index (χ2v) is 15.8. The largest absolute Gasteiger partial charge is 0.461 e. The summed E-state index contributed by atoms with van der Waals surface area (Å²) in [6, 6.07) is 47.7. The van der Waals surface area contributed by atoms with E-state index in [0.717, 1.165) is 46.0 Å². The molecule has 6 unspecified atom stereocenters. The molecule has 1 N–H and O–H groups in total. The molecule has 5 aromatic carbocycles. The number of nitrogens with one attached hydrogen (secondary N) is 1. The maximum Gasteiger partial charge on any atom is 0.145 e. The van der Waals surface area contributed by atoms with E-state index < -0.39 is 0 Å². The maximum atomic E-state index is 6.99. The fourth-order valence-corrected chi connectivity index (χ4v) is 10.6. The lowest BCUT2D eigenvalue weighted by molar-refractivity contribution is 0.278.